The van der Waals surface area contributed by atoms with Gasteiger partial charge in [0.05, 0.1) is 12.5 Å². The second kappa shape index (κ2) is 6.66. The van der Waals surface area contributed by atoms with Crippen molar-refractivity contribution in [2.75, 3.05) is 26.7 Å². The van der Waals surface area contributed by atoms with E-state index in [0.29, 0.717) is 23.7 Å². The van der Waals surface area contributed by atoms with Crippen LogP contribution in [0.3, 0.4) is 0 Å². The van der Waals surface area contributed by atoms with Gasteiger partial charge in [-0.25, -0.2) is 13.2 Å². The number of alkyl halides is 2. The fourth-order valence-corrected chi connectivity index (χ4v) is 2.57. The lowest BCUT2D eigenvalue weighted by Gasteiger charge is -2.39. The molecule has 2 rings (SSSR count). The highest BCUT2D eigenvalue weighted by Crippen LogP contribution is 2.21. The largest absolute Gasteiger partial charge is 0.341 e. The number of amides is 1. The molecule has 1 heterocycles. The second-order valence-corrected chi connectivity index (χ2v) is 5.67. The molecule has 1 aromatic rings. The summed E-state index contributed by atoms with van der Waals surface area (Å²) in [5, 5.41) is 0.402. The molecule has 0 bridgehead atoms. The molecule has 1 saturated heterocycles. The molecule has 1 amide bonds. The molecule has 3 nitrogen and oxygen atoms in total. The van der Waals surface area contributed by atoms with Crippen LogP contribution in [0, 0.1) is 11.7 Å². The topological polar surface area (TPSA) is 23.6 Å². The van der Waals surface area contributed by atoms with Gasteiger partial charge in [0.2, 0.25) is 5.91 Å². The Morgan fingerprint density at radius 1 is 1.48 bits per heavy atom. The van der Waals surface area contributed by atoms with E-state index in [4.69, 9.17) is 11.6 Å². The normalized spacial score (nSPS) is 16.1. The summed E-state index contributed by atoms with van der Waals surface area (Å²) in [4.78, 5) is 15.0. The van der Waals surface area contributed by atoms with Crippen LogP contribution in [0.2, 0.25) is 5.02 Å². The van der Waals surface area contributed by atoms with Gasteiger partial charge in [0.15, 0.2) is 0 Å². The highest BCUT2D eigenvalue weighted by molar-refractivity contribution is 6.30. The van der Waals surface area contributed by atoms with Crippen molar-refractivity contribution in [2.24, 2.45) is 5.92 Å². The molecule has 0 spiro atoms. The summed E-state index contributed by atoms with van der Waals surface area (Å²) in [5.74, 6) is -0.886. The quantitative estimate of drug-likeness (QED) is 0.832. The smallest absolute Gasteiger partial charge is 0.251 e. The molecule has 0 atom stereocenters. The Balaban J connectivity index is 1.88. The average Bonchev–Trinajstić information content (AvgIpc) is 2.36. The number of benzene rings is 1. The van der Waals surface area contributed by atoms with Gasteiger partial charge in [-0.05, 0) is 18.2 Å². The predicted molar refractivity (Wildman–Crippen MR) is 73.8 cm³/mol. The lowest BCUT2D eigenvalue weighted by atomic mass is 9.98. The van der Waals surface area contributed by atoms with E-state index in [1.165, 1.54) is 28.0 Å². The maximum Gasteiger partial charge on any atom is 0.251 e. The Morgan fingerprint density at radius 3 is 2.76 bits per heavy atom. The van der Waals surface area contributed by atoms with Gasteiger partial charge in [0.25, 0.3) is 6.43 Å². The predicted octanol–water partition coefficient (Wildman–Crippen LogP) is 2.63. The number of hydrogen-bond donors (Lipinski definition) is 0. The zero-order chi connectivity index (χ0) is 15.6. The Bertz CT molecular complexity index is 521. The molecule has 1 aliphatic rings. The van der Waals surface area contributed by atoms with Gasteiger partial charge in [0.1, 0.15) is 5.82 Å². The summed E-state index contributed by atoms with van der Waals surface area (Å²) in [6, 6.07) is 4.17. The molecule has 1 aliphatic heterocycles. The molecule has 0 saturated carbocycles. The second-order valence-electron chi connectivity index (χ2n) is 5.24. The highest BCUT2D eigenvalue weighted by Gasteiger charge is 2.35. The zero-order valence-corrected chi connectivity index (χ0v) is 12.3. The van der Waals surface area contributed by atoms with Crippen LogP contribution < -0.4 is 0 Å². The molecule has 0 unspecified atom stereocenters. The third-order valence-electron chi connectivity index (χ3n) is 3.49. The van der Waals surface area contributed by atoms with Gasteiger partial charge in [-0.15, -0.1) is 0 Å². The molecule has 0 aromatic heterocycles. The van der Waals surface area contributed by atoms with E-state index in [-0.39, 0.29) is 24.9 Å². The first kappa shape index (κ1) is 16.1. The molecule has 1 aromatic carbocycles. The lowest BCUT2D eigenvalue weighted by molar-refractivity contribution is -0.141. The van der Waals surface area contributed by atoms with Crippen molar-refractivity contribution in [2.45, 2.75) is 13.0 Å². The number of hydrogen-bond acceptors (Lipinski definition) is 2. The average molecular weight is 321 g/mol. The van der Waals surface area contributed by atoms with Crippen molar-refractivity contribution in [3.8, 4) is 0 Å². The third kappa shape index (κ3) is 4.11. The van der Waals surface area contributed by atoms with Crippen molar-refractivity contribution in [3.63, 3.8) is 0 Å². The minimum atomic E-state index is -2.39. The third-order valence-corrected chi connectivity index (χ3v) is 3.73. The molecule has 0 aliphatic carbocycles. The van der Waals surface area contributed by atoms with Crippen molar-refractivity contribution in [3.05, 3.63) is 34.6 Å². The summed E-state index contributed by atoms with van der Waals surface area (Å²) < 4.78 is 38.0. The molecule has 0 radical (unpaired) electrons. The first-order valence-electron chi connectivity index (χ1n) is 6.56. The summed E-state index contributed by atoms with van der Waals surface area (Å²) in [7, 11) is 1.57. The number of halogens is 4. The van der Waals surface area contributed by atoms with Crippen LogP contribution in [0.1, 0.15) is 5.56 Å². The maximum atomic E-state index is 13.6. The van der Waals surface area contributed by atoms with E-state index >= 15 is 0 Å². The highest BCUT2D eigenvalue weighted by atomic mass is 35.5. The van der Waals surface area contributed by atoms with Crippen LogP contribution in [0.5, 0.6) is 0 Å². The minimum absolute atomic E-state index is 0.108. The fraction of sp³-hybridized carbons (Fsp3) is 0.500. The van der Waals surface area contributed by atoms with Crippen LogP contribution in [-0.2, 0) is 11.3 Å². The van der Waals surface area contributed by atoms with E-state index in [2.05, 4.69) is 0 Å². The standard InChI is InChI=1S/C14H16ClF3N2O/c1-19(5-9-4-11(15)2-3-12(9)16)14(21)10-6-20(7-10)8-13(17)18/h2-4,10,13H,5-8H2,1H3. The molecular weight excluding hydrogens is 305 g/mol. The lowest BCUT2D eigenvalue weighted by Crippen LogP contribution is -2.54. The Morgan fingerprint density at radius 2 is 2.14 bits per heavy atom. The molecule has 1 fully saturated rings. The van der Waals surface area contributed by atoms with Crippen LogP contribution in [0.15, 0.2) is 18.2 Å². The van der Waals surface area contributed by atoms with Gasteiger partial charge in [-0.1, -0.05) is 11.6 Å². The van der Waals surface area contributed by atoms with Gasteiger partial charge in [-0.2, -0.15) is 0 Å². The molecule has 116 valence electrons. The van der Waals surface area contributed by atoms with Crippen molar-refractivity contribution in [1.82, 2.24) is 9.80 Å². The van der Waals surface area contributed by atoms with E-state index in [0.717, 1.165) is 0 Å². The van der Waals surface area contributed by atoms with Crippen LogP contribution in [0.25, 0.3) is 0 Å². The van der Waals surface area contributed by atoms with Gasteiger partial charge in [0, 0.05) is 37.3 Å². The number of rotatable bonds is 5. The molecule has 7 heteroatoms. The van der Waals surface area contributed by atoms with E-state index in [1.807, 2.05) is 0 Å². The van der Waals surface area contributed by atoms with E-state index < -0.39 is 12.2 Å². The van der Waals surface area contributed by atoms with Crippen molar-refractivity contribution < 1.29 is 18.0 Å². The Kier molecular flexibility index (Phi) is 5.11. The Labute approximate surface area is 126 Å². The minimum Gasteiger partial charge on any atom is -0.341 e. The summed E-state index contributed by atoms with van der Waals surface area (Å²) in [6.45, 7) is 0.448. The Hall–Kier alpha value is -1.27. The van der Waals surface area contributed by atoms with E-state index in [9.17, 15) is 18.0 Å². The number of nitrogens with zero attached hydrogens (tertiary/aromatic N) is 2. The van der Waals surface area contributed by atoms with Crippen molar-refractivity contribution >= 4 is 17.5 Å². The summed E-state index contributed by atoms with van der Waals surface area (Å²) >= 11 is 5.80. The summed E-state index contributed by atoms with van der Waals surface area (Å²) in [5.41, 5.74) is 0.335. The summed E-state index contributed by atoms with van der Waals surface area (Å²) in [6.07, 6.45) is -2.39. The first-order chi connectivity index (χ1) is 9.86. The zero-order valence-electron chi connectivity index (χ0n) is 11.5. The number of likely N-dealkylation sites (tertiary alicyclic amines) is 1. The molecule has 0 N–H and O–H groups in total. The number of carbonyl (C=O) groups excluding carboxylic acids is 1. The van der Waals surface area contributed by atoms with E-state index in [1.54, 1.807) is 7.05 Å². The van der Waals surface area contributed by atoms with Crippen LogP contribution in [-0.4, -0.2) is 48.8 Å². The molecular formula is C14H16ClF3N2O. The van der Waals surface area contributed by atoms with Gasteiger partial charge >= 0.3 is 0 Å². The fourth-order valence-electron chi connectivity index (χ4n) is 2.38. The van der Waals surface area contributed by atoms with Crippen LogP contribution in [0.4, 0.5) is 13.2 Å². The van der Waals surface area contributed by atoms with Crippen LogP contribution >= 0.6 is 11.6 Å². The van der Waals surface area contributed by atoms with Gasteiger partial charge in [-0.3, -0.25) is 9.69 Å². The first-order valence-corrected chi connectivity index (χ1v) is 6.94. The van der Waals surface area contributed by atoms with Gasteiger partial charge < -0.3 is 4.90 Å². The monoisotopic (exact) mass is 320 g/mol. The maximum absolute atomic E-state index is 13.6. The SMILES string of the molecule is CN(Cc1cc(Cl)ccc1F)C(=O)C1CN(CC(F)F)C1. The molecule has 21 heavy (non-hydrogen) atoms. The van der Waals surface area contributed by atoms with Crippen molar-refractivity contribution in [1.29, 1.82) is 0 Å². The number of carbonyl (C=O) groups is 1.